The molecule has 0 saturated heterocycles. The lowest BCUT2D eigenvalue weighted by molar-refractivity contribution is 0.216. The zero-order valence-electron chi connectivity index (χ0n) is 10.7. The lowest BCUT2D eigenvalue weighted by Crippen LogP contribution is -1.85. The number of aliphatic hydroxyl groups excluding tert-OH is 2. The summed E-state index contributed by atoms with van der Waals surface area (Å²) in [5, 5.41) is 15.6. The highest BCUT2D eigenvalue weighted by Gasteiger charge is 1.75. The highest BCUT2D eigenvalue weighted by Crippen LogP contribution is 1.95. The summed E-state index contributed by atoms with van der Waals surface area (Å²) < 4.78 is 0. The van der Waals surface area contributed by atoms with Gasteiger partial charge in [0.25, 0.3) is 0 Å². The van der Waals surface area contributed by atoms with Gasteiger partial charge in [-0.1, -0.05) is 39.5 Å². The molecule has 0 aliphatic rings. The smallest absolute Gasteiger partial charge is 0.0483 e. The molecule has 14 heavy (non-hydrogen) atoms. The van der Waals surface area contributed by atoms with E-state index >= 15 is 0 Å². The Labute approximate surface area is 90.1 Å². The van der Waals surface area contributed by atoms with Crippen molar-refractivity contribution in [1.82, 2.24) is 6.15 Å². The Kier molecular flexibility index (Phi) is 49.3. The van der Waals surface area contributed by atoms with Gasteiger partial charge >= 0.3 is 0 Å². The van der Waals surface area contributed by atoms with E-state index in [0.29, 0.717) is 0 Å². The van der Waals surface area contributed by atoms with Gasteiger partial charge in [-0.2, -0.15) is 0 Å². The summed E-state index contributed by atoms with van der Waals surface area (Å²) >= 11 is 0. The molecule has 0 amide bonds. The van der Waals surface area contributed by atoms with Crippen molar-refractivity contribution in [1.29, 1.82) is 0 Å². The topological polar surface area (TPSA) is 75.5 Å². The monoisotopic (exact) mass is 209 g/mol. The van der Waals surface area contributed by atoms with E-state index in [4.69, 9.17) is 10.2 Å². The zero-order chi connectivity index (χ0) is 11.1. The Morgan fingerprint density at radius 2 is 1.07 bits per heavy atom. The molecular formula is C11H31NO2. The predicted octanol–water partition coefficient (Wildman–Crippen LogP) is 3.13. The molecule has 3 nitrogen and oxygen atoms in total. The van der Waals surface area contributed by atoms with Crippen LogP contribution < -0.4 is 6.15 Å². The summed E-state index contributed by atoms with van der Waals surface area (Å²) in [6.07, 6.45) is 5.37. The van der Waals surface area contributed by atoms with Crippen LogP contribution in [0, 0.1) is 0 Å². The van der Waals surface area contributed by atoms with Crippen molar-refractivity contribution in [2.75, 3.05) is 6.61 Å². The largest absolute Gasteiger partial charge is 0.397 e. The molecule has 0 radical (unpaired) electrons. The van der Waals surface area contributed by atoms with E-state index in [9.17, 15) is 0 Å². The predicted molar refractivity (Wildman–Crippen MR) is 65.0 cm³/mol. The SMILES string of the molecule is CC(C)O.CCCCCC.CCO.N. The molecule has 0 spiro atoms. The fourth-order valence-electron chi connectivity index (χ4n) is 0.500. The number of hydrogen-bond donors (Lipinski definition) is 3. The minimum absolute atomic E-state index is 0. The van der Waals surface area contributed by atoms with E-state index in [-0.39, 0.29) is 18.9 Å². The lowest BCUT2D eigenvalue weighted by Gasteiger charge is -1.86. The molecule has 5 N–H and O–H groups in total. The second kappa shape index (κ2) is 29.3. The third-order valence-electron chi connectivity index (χ3n) is 0.957. The van der Waals surface area contributed by atoms with Crippen molar-refractivity contribution >= 4 is 0 Å². The van der Waals surface area contributed by atoms with Crippen LogP contribution in [-0.2, 0) is 0 Å². The van der Waals surface area contributed by atoms with Crippen molar-refractivity contribution in [2.24, 2.45) is 0 Å². The van der Waals surface area contributed by atoms with Gasteiger partial charge in [-0.05, 0) is 20.8 Å². The summed E-state index contributed by atoms with van der Waals surface area (Å²) in [6, 6.07) is 0. The standard InChI is InChI=1S/C6H14.C3H8O.C2H6O.H3N/c1-3-5-6-4-2;1-3(2)4;1-2-3;/h3-6H2,1-2H3;3-4H,1-2H3;3H,2H2,1H3;1H3. The molecular weight excluding hydrogens is 178 g/mol. The Balaban J connectivity index is -0.0000000553. The Hall–Kier alpha value is -0.120. The van der Waals surface area contributed by atoms with Crippen LogP contribution in [0.1, 0.15) is 60.3 Å². The molecule has 0 aromatic rings. The molecule has 0 aliphatic carbocycles. The molecule has 0 saturated carbocycles. The Morgan fingerprint density at radius 1 is 0.929 bits per heavy atom. The maximum atomic E-state index is 8.06. The Bertz CT molecular complexity index is 52.5. The van der Waals surface area contributed by atoms with Crippen molar-refractivity contribution in [3.8, 4) is 0 Å². The van der Waals surface area contributed by atoms with Crippen LogP contribution in [0.25, 0.3) is 0 Å². The van der Waals surface area contributed by atoms with E-state index in [1.54, 1.807) is 20.8 Å². The molecule has 0 heterocycles. The van der Waals surface area contributed by atoms with Crippen molar-refractivity contribution in [3.63, 3.8) is 0 Å². The molecule has 92 valence electrons. The van der Waals surface area contributed by atoms with Crippen LogP contribution in [0.2, 0.25) is 0 Å². The average molecular weight is 209 g/mol. The minimum atomic E-state index is -0.167. The van der Waals surface area contributed by atoms with Crippen LogP contribution in [-0.4, -0.2) is 22.9 Å². The number of rotatable bonds is 3. The summed E-state index contributed by atoms with van der Waals surface area (Å²) in [5.74, 6) is 0. The third-order valence-corrected chi connectivity index (χ3v) is 0.957. The van der Waals surface area contributed by atoms with Crippen molar-refractivity contribution < 1.29 is 10.2 Å². The van der Waals surface area contributed by atoms with Crippen LogP contribution in [0.3, 0.4) is 0 Å². The van der Waals surface area contributed by atoms with E-state index in [1.165, 1.54) is 25.7 Å². The van der Waals surface area contributed by atoms with Gasteiger partial charge in [0.05, 0.1) is 0 Å². The van der Waals surface area contributed by atoms with Crippen LogP contribution in [0.4, 0.5) is 0 Å². The molecule has 0 rings (SSSR count). The van der Waals surface area contributed by atoms with E-state index in [0.717, 1.165) is 0 Å². The quantitative estimate of drug-likeness (QED) is 0.625. The first kappa shape index (κ1) is 23.6. The second-order valence-corrected chi connectivity index (χ2v) is 3.12. The van der Waals surface area contributed by atoms with E-state index in [1.807, 2.05) is 0 Å². The first-order valence-electron chi connectivity index (χ1n) is 5.35. The summed E-state index contributed by atoms with van der Waals surface area (Å²) in [5.41, 5.74) is 0. The van der Waals surface area contributed by atoms with E-state index < -0.39 is 0 Å². The fraction of sp³-hybridized carbons (Fsp3) is 1.00. The van der Waals surface area contributed by atoms with Crippen molar-refractivity contribution in [2.45, 2.75) is 66.4 Å². The molecule has 0 aromatic heterocycles. The molecule has 0 unspecified atom stereocenters. The van der Waals surface area contributed by atoms with E-state index in [2.05, 4.69) is 13.8 Å². The van der Waals surface area contributed by atoms with Crippen molar-refractivity contribution in [3.05, 3.63) is 0 Å². The zero-order valence-corrected chi connectivity index (χ0v) is 10.7. The van der Waals surface area contributed by atoms with Gasteiger partial charge in [0.2, 0.25) is 0 Å². The first-order valence-corrected chi connectivity index (χ1v) is 5.35. The van der Waals surface area contributed by atoms with Gasteiger partial charge in [-0.3, -0.25) is 0 Å². The molecule has 0 aromatic carbocycles. The fourth-order valence-corrected chi connectivity index (χ4v) is 0.500. The second-order valence-electron chi connectivity index (χ2n) is 3.12. The molecule has 0 atom stereocenters. The van der Waals surface area contributed by atoms with Gasteiger partial charge < -0.3 is 16.4 Å². The number of aliphatic hydroxyl groups is 2. The highest BCUT2D eigenvalue weighted by molar-refractivity contribution is 4.31. The maximum absolute atomic E-state index is 8.06. The summed E-state index contributed by atoms with van der Waals surface area (Å²) in [6.45, 7) is 9.84. The summed E-state index contributed by atoms with van der Waals surface area (Å²) in [7, 11) is 0. The van der Waals surface area contributed by atoms with Gasteiger partial charge in [-0.15, -0.1) is 0 Å². The maximum Gasteiger partial charge on any atom is 0.0483 e. The lowest BCUT2D eigenvalue weighted by atomic mass is 10.2. The number of unbranched alkanes of at least 4 members (excludes halogenated alkanes) is 3. The van der Waals surface area contributed by atoms with Crippen LogP contribution >= 0.6 is 0 Å². The van der Waals surface area contributed by atoms with Crippen LogP contribution in [0.15, 0.2) is 0 Å². The third kappa shape index (κ3) is 170. The van der Waals surface area contributed by atoms with Gasteiger partial charge in [0, 0.05) is 12.7 Å². The highest BCUT2D eigenvalue weighted by atomic mass is 16.3. The van der Waals surface area contributed by atoms with Gasteiger partial charge in [0.15, 0.2) is 0 Å². The number of hydrogen-bond acceptors (Lipinski definition) is 3. The van der Waals surface area contributed by atoms with Gasteiger partial charge in [-0.25, -0.2) is 0 Å². The van der Waals surface area contributed by atoms with Gasteiger partial charge in [0.1, 0.15) is 0 Å². The minimum Gasteiger partial charge on any atom is -0.397 e. The molecule has 0 bridgehead atoms. The summed E-state index contributed by atoms with van der Waals surface area (Å²) in [4.78, 5) is 0. The molecule has 0 aliphatic heterocycles. The molecule has 3 heteroatoms. The normalized spacial score (nSPS) is 7.71. The average Bonchev–Trinajstić information content (AvgIpc) is 2.01. The van der Waals surface area contributed by atoms with Crippen LogP contribution in [0.5, 0.6) is 0 Å². The Morgan fingerprint density at radius 3 is 1.14 bits per heavy atom. The first-order chi connectivity index (χ1) is 6.06. The molecule has 0 fully saturated rings.